The van der Waals surface area contributed by atoms with Crippen molar-refractivity contribution in [1.29, 1.82) is 0 Å². The highest BCUT2D eigenvalue weighted by Gasteiger charge is 2.16. The fraction of sp³-hybridized carbons (Fsp3) is 0. The van der Waals surface area contributed by atoms with Gasteiger partial charge in [-0.3, -0.25) is 0 Å². The number of amidine groups is 1. The number of benzene rings is 2. The molecule has 0 aliphatic carbocycles. The van der Waals surface area contributed by atoms with Gasteiger partial charge in [-0.15, -0.1) is 0 Å². The normalized spacial score (nSPS) is 11.4. The Balaban J connectivity index is 2.49. The molecule has 0 spiro atoms. The van der Waals surface area contributed by atoms with Crippen molar-refractivity contribution < 1.29 is 23.1 Å². The topological polar surface area (TPSA) is 67.8 Å². The number of hydrogen-bond donors (Lipinski definition) is 2. The molecular weight excluding hydrogens is 273 g/mol. The average Bonchev–Trinajstić information content (AvgIpc) is 2.42. The second-order valence-corrected chi connectivity index (χ2v) is 3.78. The number of rotatable bonds is 3. The number of oxime groups is 1. The van der Waals surface area contributed by atoms with Crippen LogP contribution in [0.5, 0.6) is 11.5 Å². The summed E-state index contributed by atoms with van der Waals surface area (Å²) >= 11 is 0. The minimum atomic E-state index is -0.832. The van der Waals surface area contributed by atoms with Crippen LogP contribution < -0.4 is 10.5 Å². The van der Waals surface area contributed by atoms with Crippen molar-refractivity contribution in [2.45, 2.75) is 0 Å². The quantitative estimate of drug-likeness (QED) is 0.393. The summed E-state index contributed by atoms with van der Waals surface area (Å²) in [5.41, 5.74) is 4.98. The van der Waals surface area contributed by atoms with E-state index in [9.17, 15) is 13.2 Å². The average molecular weight is 282 g/mol. The van der Waals surface area contributed by atoms with Crippen LogP contribution >= 0.6 is 0 Å². The van der Waals surface area contributed by atoms with Gasteiger partial charge in [-0.1, -0.05) is 11.2 Å². The highest BCUT2D eigenvalue weighted by molar-refractivity contribution is 5.99. The maximum absolute atomic E-state index is 13.7. The van der Waals surface area contributed by atoms with Crippen molar-refractivity contribution in [2.24, 2.45) is 10.9 Å². The van der Waals surface area contributed by atoms with E-state index in [-0.39, 0.29) is 11.3 Å². The van der Waals surface area contributed by atoms with Gasteiger partial charge >= 0.3 is 0 Å². The summed E-state index contributed by atoms with van der Waals surface area (Å²) in [4.78, 5) is 0. The summed E-state index contributed by atoms with van der Waals surface area (Å²) in [5, 5.41) is 11.3. The van der Waals surface area contributed by atoms with Gasteiger partial charge in [0.2, 0.25) is 0 Å². The van der Waals surface area contributed by atoms with Crippen molar-refractivity contribution in [3.8, 4) is 11.5 Å². The Morgan fingerprint density at radius 2 is 1.80 bits per heavy atom. The highest BCUT2D eigenvalue weighted by Crippen LogP contribution is 2.29. The number of ether oxygens (including phenoxy) is 1. The van der Waals surface area contributed by atoms with E-state index in [2.05, 4.69) is 5.16 Å². The van der Waals surface area contributed by atoms with Crippen molar-refractivity contribution in [2.75, 3.05) is 0 Å². The van der Waals surface area contributed by atoms with Crippen LogP contribution in [0.15, 0.2) is 41.6 Å². The standard InChI is InChI=1S/C13H9F3N2O2/c14-7-4-5-8(15)11(6-7)20-10-3-1-2-9(16)12(10)13(17)18-19/h1-6,19H,(H2,17,18). The molecule has 0 amide bonds. The molecule has 20 heavy (non-hydrogen) atoms. The zero-order chi connectivity index (χ0) is 14.7. The molecule has 0 unspecified atom stereocenters. The number of nitrogens with zero attached hydrogens (tertiary/aromatic N) is 1. The molecule has 2 aromatic rings. The summed E-state index contributed by atoms with van der Waals surface area (Å²) in [7, 11) is 0. The van der Waals surface area contributed by atoms with Gasteiger partial charge in [-0.25, -0.2) is 13.2 Å². The molecule has 0 radical (unpaired) electrons. The van der Waals surface area contributed by atoms with Gasteiger partial charge < -0.3 is 15.7 Å². The molecule has 0 aliphatic rings. The van der Waals surface area contributed by atoms with Crippen molar-refractivity contribution in [3.05, 3.63) is 59.4 Å². The van der Waals surface area contributed by atoms with E-state index < -0.39 is 29.0 Å². The third-order valence-electron chi connectivity index (χ3n) is 2.45. The first-order chi connectivity index (χ1) is 9.52. The van der Waals surface area contributed by atoms with Gasteiger partial charge in [-0.2, -0.15) is 0 Å². The fourth-order valence-electron chi connectivity index (χ4n) is 1.56. The third kappa shape index (κ3) is 2.66. The van der Waals surface area contributed by atoms with E-state index in [4.69, 9.17) is 15.7 Å². The Morgan fingerprint density at radius 3 is 2.50 bits per heavy atom. The molecule has 7 heteroatoms. The smallest absolute Gasteiger partial charge is 0.176 e. The fourth-order valence-corrected chi connectivity index (χ4v) is 1.56. The summed E-state index contributed by atoms with van der Waals surface area (Å²) < 4.78 is 45.3. The molecule has 0 aliphatic heterocycles. The van der Waals surface area contributed by atoms with Gasteiger partial charge in [0.1, 0.15) is 17.4 Å². The maximum atomic E-state index is 13.7. The lowest BCUT2D eigenvalue weighted by Gasteiger charge is -2.11. The Kier molecular flexibility index (Phi) is 3.79. The molecular formula is C13H9F3N2O2. The van der Waals surface area contributed by atoms with Gasteiger partial charge in [0, 0.05) is 6.07 Å². The van der Waals surface area contributed by atoms with Gasteiger partial charge in [0.15, 0.2) is 17.4 Å². The van der Waals surface area contributed by atoms with Gasteiger partial charge in [0.05, 0.1) is 5.56 Å². The summed E-state index contributed by atoms with van der Waals surface area (Å²) in [6.45, 7) is 0. The van der Waals surface area contributed by atoms with Crippen molar-refractivity contribution in [1.82, 2.24) is 0 Å². The Labute approximate surface area is 111 Å². The number of hydrogen-bond acceptors (Lipinski definition) is 3. The van der Waals surface area contributed by atoms with E-state index in [0.717, 1.165) is 24.3 Å². The molecule has 2 aromatic carbocycles. The number of nitrogens with two attached hydrogens (primary N) is 1. The Hall–Kier alpha value is -2.70. The van der Waals surface area contributed by atoms with E-state index in [1.807, 2.05) is 0 Å². The predicted molar refractivity (Wildman–Crippen MR) is 65.3 cm³/mol. The van der Waals surface area contributed by atoms with Gasteiger partial charge in [-0.05, 0) is 24.3 Å². The van der Waals surface area contributed by atoms with Crippen molar-refractivity contribution >= 4 is 5.84 Å². The lowest BCUT2D eigenvalue weighted by Crippen LogP contribution is -2.16. The van der Waals surface area contributed by atoms with Crippen LogP contribution in [0.4, 0.5) is 13.2 Å². The minimum Gasteiger partial charge on any atom is -0.453 e. The van der Waals surface area contributed by atoms with Crippen LogP contribution in [-0.4, -0.2) is 11.0 Å². The maximum Gasteiger partial charge on any atom is 0.176 e. The monoisotopic (exact) mass is 282 g/mol. The van der Waals surface area contributed by atoms with Crippen LogP contribution in [0.2, 0.25) is 0 Å². The molecule has 0 atom stereocenters. The molecule has 104 valence electrons. The largest absolute Gasteiger partial charge is 0.453 e. The van der Waals surface area contributed by atoms with Crippen LogP contribution in [0, 0.1) is 17.5 Å². The summed E-state index contributed by atoms with van der Waals surface area (Å²) in [6, 6.07) is 6.21. The molecule has 2 rings (SSSR count). The molecule has 4 nitrogen and oxygen atoms in total. The third-order valence-corrected chi connectivity index (χ3v) is 2.45. The molecule has 3 N–H and O–H groups in total. The van der Waals surface area contributed by atoms with Crippen LogP contribution in [-0.2, 0) is 0 Å². The SMILES string of the molecule is NC(=NO)c1c(F)cccc1Oc1cc(F)ccc1F. The number of halogens is 3. The Bertz CT molecular complexity index is 675. The first-order valence-corrected chi connectivity index (χ1v) is 5.42. The second kappa shape index (κ2) is 5.52. The Morgan fingerprint density at radius 1 is 1.05 bits per heavy atom. The predicted octanol–water partition coefficient (Wildman–Crippen LogP) is 2.99. The van der Waals surface area contributed by atoms with E-state index in [0.29, 0.717) is 0 Å². The van der Waals surface area contributed by atoms with Crippen LogP contribution in [0.3, 0.4) is 0 Å². The lowest BCUT2D eigenvalue weighted by molar-refractivity contribution is 0.318. The van der Waals surface area contributed by atoms with E-state index in [1.165, 1.54) is 12.1 Å². The second-order valence-electron chi connectivity index (χ2n) is 3.78. The zero-order valence-corrected chi connectivity index (χ0v) is 9.98. The first-order valence-electron chi connectivity index (χ1n) is 5.42. The first kappa shape index (κ1) is 13.7. The van der Waals surface area contributed by atoms with Crippen LogP contribution in [0.1, 0.15) is 5.56 Å². The van der Waals surface area contributed by atoms with Crippen molar-refractivity contribution in [3.63, 3.8) is 0 Å². The summed E-state index contributed by atoms with van der Waals surface area (Å²) in [5.74, 6) is -3.57. The van der Waals surface area contributed by atoms with Crippen LogP contribution in [0.25, 0.3) is 0 Å². The molecule has 0 heterocycles. The molecule has 0 fully saturated rings. The van der Waals surface area contributed by atoms with Gasteiger partial charge in [0.25, 0.3) is 0 Å². The molecule has 0 saturated carbocycles. The van der Waals surface area contributed by atoms with E-state index in [1.54, 1.807) is 0 Å². The van der Waals surface area contributed by atoms with E-state index >= 15 is 0 Å². The lowest BCUT2D eigenvalue weighted by atomic mass is 10.1. The molecule has 0 bridgehead atoms. The summed E-state index contributed by atoms with van der Waals surface area (Å²) in [6.07, 6.45) is 0. The zero-order valence-electron chi connectivity index (χ0n) is 9.98. The molecule has 0 aromatic heterocycles. The highest BCUT2D eigenvalue weighted by atomic mass is 19.1. The minimum absolute atomic E-state index is 0.204. The molecule has 0 saturated heterocycles.